The molecule has 1 saturated carbocycles. The van der Waals surface area contributed by atoms with Gasteiger partial charge in [0, 0.05) is 43.5 Å². The molecule has 2 aliphatic carbocycles. The Hall–Kier alpha value is -3.20. The molecule has 1 N–H and O–H groups in total. The molecular formula is C37H53N3. The smallest absolute Gasteiger partial charge is 0.106 e. The van der Waals surface area contributed by atoms with Gasteiger partial charge in [-0.1, -0.05) is 82.2 Å². The summed E-state index contributed by atoms with van der Waals surface area (Å²) in [4.78, 5) is 4.82. The second-order valence-electron chi connectivity index (χ2n) is 11.4. The minimum absolute atomic E-state index is 0.226. The van der Waals surface area contributed by atoms with Crippen LogP contribution in [0.25, 0.3) is 5.57 Å². The number of rotatable bonds is 11. The summed E-state index contributed by atoms with van der Waals surface area (Å²) in [6.07, 6.45) is 18.5. The second kappa shape index (κ2) is 14.4. The van der Waals surface area contributed by atoms with Crippen molar-refractivity contribution in [3.05, 3.63) is 114 Å². The highest BCUT2D eigenvalue weighted by Crippen LogP contribution is 2.59. The summed E-state index contributed by atoms with van der Waals surface area (Å²) in [5.74, 6) is 1.72. The number of piperidine rings is 1. The third-order valence-corrected chi connectivity index (χ3v) is 8.96. The minimum atomic E-state index is 0.226. The van der Waals surface area contributed by atoms with Crippen molar-refractivity contribution in [1.29, 1.82) is 0 Å². The molecule has 2 fully saturated rings. The first-order valence-electron chi connectivity index (χ1n) is 15.3. The van der Waals surface area contributed by atoms with Crippen LogP contribution in [-0.2, 0) is 0 Å². The normalized spacial score (nSPS) is 19.0. The van der Waals surface area contributed by atoms with E-state index in [0.717, 1.165) is 31.0 Å². The maximum Gasteiger partial charge on any atom is 0.106 e. The van der Waals surface area contributed by atoms with Crippen LogP contribution in [-0.4, -0.2) is 36.5 Å². The summed E-state index contributed by atoms with van der Waals surface area (Å²) in [5, 5.41) is 3.81. The summed E-state index contributed by atoms with van der Waals surface area (Å²) in [7, 11) is 2.13. The quantitative estimate of drug-likeness (QED) is 0.283. The fraction of sp³-hybridized carbons (Fsp3) is 0.459. The highest BCUT2D eigenvalue weighted by molar-refractivity contribution is 5.74. The maximum absolute atomic E-state index is 4.62. The fourth-order valence-corrected chi connectivity index (χ4v) is 5.83. The number of benzene rings is 1. The van der Waals surface area contributed by atoms with Crippen molar-refractivity contribution in [2.45, 2.75) is 73.1 Å². The Morgan fingerprint density at radius 2 is 1.77 bits per heavy atom. The molecule has 1 aromatic rings. The van der Waals surface area contributed by atoms with Crippen molar-refractivity contribution in [3.8, 4) is 0 Å². The van der Waals surface area contributed by atoms with Gasteiger partial charge in [-0.2, -0.15) is 0 Å². The van der Waals surface area contributed by atoms with Crippen LogP contribution in [0.15, 0.2) is 103 Å². The zero-order valence-electron chi connectivity index (χ0n) is 26.2. The van der Waals surface area contributed by atoms with E-state index < -0.39 is 0 Å². The van der Waals surface area contributed by atoms with Crippen LogP contribution in [0.4, 0.5) is 0 Å². The van der Waals surface area contributed by atoms with Crippen molar-refractivity contribution >= 4 is 5.57 Å². The summed E-state index contributed by atoms with van der Waals surface area (Å²) < 4.78 is 0. The molecule has 1 saturated heterocycles. The van der Waals surface area contributed by atoms with Gasteiger partial charge >= 0.3 is 0 Å². The van der Waals surface area contributed by atoms with Crippen molar-refractivity contribution in [3.63, 3.8) is 0 Å². The summed E-state index contributed by atoms with van der Waals surface area (Å²) in [6.45, 7) is 26.6. The molecule has 40 heavy (non-hydrogen) atoms. The number of allylic oxidation sites excluding steroid dienone is 9. The van der Waals surface area contributed by atoms with Crippen LogP contribution < -0.4 is 5.32 Å². The van der Waals surface area contributed by atoms with Crippen molar-refractivity contribution in [2.75, 3.05) is 26.7 Å². The SMILES string of the molecule is C=C/C(C)=C(/C)N(C)/C(=C\C(=C)c1ccccc1C)NCC1CCN(C(=C)C2(C3=CCCC=C3)CC2)CC1.CC. The van der Waals surface area contributed by atoms with Gasteiger partial charge in [0.25, 0.3) is 0 Å². The molecule has 0 amide bonds. The van der Waals surface area contributed by atoms with Gasteiger partial charge in [0.15, 0.2) is 0 Å². The van der Waals surface area contributed by atoms with Gasteiger partial charge in [-0.15, -0.1) is 0 Å². The molecule has 1 heterocycles. The van der Waals surface area contributed by atoms with Crippen LogP contribution in [0.1, 0.15) is 77.3 Å². The molecule has 4 rings (SSSR count). The number of aryl methyl sites for hydroxylation is 1. The van der Waals surface area contributed by atoms with E-state index in [4.69, 9.17) is 0 Å². The van der Waals surface area contributed by atoms with Gasteiger partial charge < -0.3 is 15.1 Å². The van der Waals surface area contributed by atoms with Crippen LogP contribution in [0.5, 0.6) is 0 Å². The van der Waals surface area contributed by atoms with Crippen molar-refractivity contribution < 1.29 is 0 Å². The molecule has 0 bridgehead atoms. The summed E-state index contributed by atoms with van der Waals surface area (Å²) in [5.41, 5.74) is 8.90. The predicted octanol–water partition coefficient (Wildman–Crippen LogP) is 9.16. The molecule has 216 valence electrons. The monoisotopic (exact) mass is 539 g/mol. The second-order valence-corrected chi connectivity index (χ2v) is 11.4. The van der Waals surface area contributed by atoms with Crippen molar-refractivity contribution in [1.82, 2.24) is 15.1 Å². The molecule has 0 spiro atoms. The van der Waals surface area contributed by atoms with E-state index in [1.54, 1.807) is 0 Å². The predicted molar refractivity (Wildman–Crippen MR) is 176 cm³/mol. The van der Waals surface area contributed by atoms with E-state index in [9.17, 15) is 0 Å². The standard InChI is InChI=1S/C35H47N3.C2H6/c1-8-26(2)29(5)37(7)34(24-28(4)33-17-13-12-14-27(33)3)36-25-31-18-22-38(23-19-31)30(6)35(20-21-35)32-15-10-9-11-16-32;1-2/h8,10,12-17,24,31,36H,1,4,6,9,11,18-23,25H2,2-3,5,7H3;1-2H3/b29-26-,34-24-;. The third-order valence-electron chi connectivity index (χ3n) is 8.96. The van der Waals surface area contributed by atoms with E-state index in [-0.39, 0.29) is 5.41 Å². The third kappa shape index (κ3) is 7.30. The molecule has 1 aliphatic heterocycles. The van der Waals surface area contributed by atoms with Crippen LogP contribution in [0, 0.1) is 18.3 Å². The first-order chi connectivity index (χ1) is 19.3. The number of hydrogen-bond donors (Lipinski definition) is 1. The zero-order valence-corrected chi connectivity index (χ0v) is 26.2. The minimum Gasteiger partial charge on any atom is -0.375 e. The van der Waals surface area contributed by atoms with E-state index in [2.05, 4.69) is 111 Å². The number of nitrogens with one attached hydrogen (secondary N) is 1. The number of likely N-dealkylation sites (tertiary alicyclic amines) is 1. The van der Waals surface area contributed by atoms with Gasteiger partial charge in [-0.3, -0.25) is 0 Å². The Kier molecular flexibility index (Phi) is 11.3. The van der Waals surface area contributed by atoms with Crippen LogP contribution in [0.2, 0.25) is 0 Å². The van der Waals surface area contributed by atoms with Gasteiger partial charge in [-0.25, -0.2) is 0 Å². The largest absolute Gasteiger partial charge is 0.375 e. The Morgan fingerprint density at radius 3 is 2.35 bits per heavy atom. The van der Waals surface area contributed by atoms with E-state index in [0.29, 0.717) is 5.92 Å². The average molecular weight is 540 g/mol. The molecule has 3 nitrogen and oxygen atoms in total. The maximum atomic E-state index is 4.62. The van der Waals surface area contributed by atoms with Crippen LogP contribution >= 0.6 is 0 Å². The highest BCUT2D eigenvalue weighted by Gasteiger charge is 2.49. The van der Waals surface area contributed by atoms with Gasteiger partial charge in [0.2, 0.25) is 0 Å². The lowest BCUT2D eigenvalue weighted by molar-refractivity contribution is 0.206. The Morgan fingerprint density at radius 1 is 1.10 bits per heavy atom. The lowest BCUT2D eigenvalue weighted by Crippen LogP contribution is -2.40. The van der Waals surface area contributed by atoms with E-state index in [1.165, 1.54) is 72.2 Å². The Labute approximate surface area is 245 Å². The van der Waals surface area contributed by atoms with Crippen molar-refractivity contribution in [2.24, 2.45) is 11.3 Å². The average Bonchev–Trinajstić information content (AvgIpc) is 3.82. The topological polar surface area (TPSA) is 18.5 Å². The van der Waals surface area contributed by atoms with Gasteiger partial charge in [0.1, 0.15) is 5.82 Å². The molecule has 0 atom stereocenters. The Bertz CT molecular complexity index is 1180. The molecule has 3 heteroatoms. The summed E-state index contributed by atoms with van der Waals surface area (Å²) >= 11 is 0. The van der Waals surface area contributed by atoms with E-state index in [1.807, 2.05) is 19.9 Å². The molecule has 0 unspecified atom stereocenters. The molecule has 0 aromatic heterocycles. The molecule has 1 aromatic carbocycles. The van der Waals surface area contributed by atoms with Gasteiger partial charge in [-0.05, 0) is 99.1 Å². The lowest BCUT2D eigenvalue weighted by Gasteiger charge is -2.39. The first-order valence-corrected chi connectivity index (χ1v) is 15.3. The molecular weight excluding hydrogens is 486 g/mol. The zero-order chi connectivity index (χ0) is 29.3. The first kappa shape index (κ1) is 31.3. The molecule has 3 aliphatic rings. The van der Waals surface area contributed by atoms with E-state index >= 15 is 0 Å². The summed E-state index contributed by atoms with van der Waals surface area (Å²) in [6, 6.07) is 8.46. The number of nitrogens with zero attached hydrogens (tertiary/aromatic N) is 2. The Balaban J connectivity index is 0.00000216. The van der Waals surface area contributed by atoms with Gasteiger partial charge in [0.05, 0.1) is 0 Å². The lowest BCUT2D eigenvalue weighted by atomic mass is 9.86. The molecule has 0 radical (unpaired) electrons. The fourth-order valence-electron chi connectivity index (χ4n) is 5.83. The number of hydrogen-bond acceptors (Lipinski definition) is 3. The van der Waals surface area contributed by atoms with Crippen LogP contribution in [0.3, 0.4) is 0 Å². The highest BCUT2D eigenvalue weighted by atomic mass is 15.2.